The highest BCUT2D eigenvalue weighted by atomic mass is 16.4. The Morgan fingerprint density at radius 2 is 2.56 bits per heavy atom. The lowest BCUT2D eigenvalue weighted by Crippen LogP contribution is -2.17. The summed E-state index contributed by atoms with van der Waals surface area (Å²) in [4.78, 5) is 0. The van der Waals surface area contributed by atoms with Crippen LogP contribution in [-0.2, 0) is 9.53 Å². The summed E-state index contributed by atoms with van der Waals surface area (Å²) in [6.45, 7) is 4.82. The Morgan fingerprint density at radius 3 is 2.89 bits per heavy atom. The van der Waals surface area contributed by atoms with E-state index in [2.05, 4.69) is 11.9 Å². The van der Waals surface area contributed by atoms with Crippen LogP contribution < -0.4 is 0 Å². The van der Waals surface area contributed by atoms with Gasteiger partial charge in [0.15, 0.2) is 0 Å². The maximum Gasteiger partial charge on any atom is 0.345 e. The highest BCUT2D eigenvalue weighted by Crippen LogP contribution is 1.99. The minimum absolute atomic E-state index is 0.251. The lowest BCUT2D eigenvalue weighted by Gasteiger charge is -2.13. The molecule has 0 saturated carbocycles. The molecule has 0 aromatic heterocycles. The molecule has 1 radical (unpaired) electrons. The molecule has 0 bridgehead atoms. The highest BCUT2D eigenvalue weighted by Gasteiger charge is 2.14. The lowest BCUT2D eigenvalue weighted by molar-refractivity contribution is -0.456. The molecule has 49 valence electrons. The molecule has 1 aliphatic rings. The zero-order valence-corrected chi connectivity index (χ0v) is 5.09. The Hall–Kier alpha value is -0.830. The Balaban J connectivity index is 2.57. The summed E-state index contributed by atoms with van der Waals surface area (Å²) in [6.07, 6.45) is 0. The van der Waals surface area contributed by atoms with E-state index in [1.54, 1.807) is 0 Å². The second-order valence-electron chi connectivity index (χ2n) is 1.80. The van der Waals surface area contributed by atoms with Gasteiger partial charge in [-0.1, -0.05) is 6.54 Å². The number of hydrogen-bond donors (Lipinski definition) is 0. The maximum absolute atomic E-state index is 10.5. The molecule has 1 heterocycles. The largest absolute Gasteiger partial charge is 0.644 e. The van der Waals surface area contributed by atoms with Crippen molar-refractivity contribution >= 4 is 5.78 Å². The van der Waals surface area contributed by atoms with Crippen molar-refractivity contribution < 1.29 is 9.53 Å². The van der Waals surface area contributed by atoms with E-state index >= 15 is 0 Å². The van der Waals surface area contributed by atoms with E-state index in [0.29, 0.717) is 25.5 Å². The predicted octanol–water partition coefficient (Wildman–Crippen LogP) is 0.423. The van der Waals surface area contributed by atoms with Gasteiger partial charge < -0.3 is 5.32 Å². The second kappa shape index (κ2) is 2.64. The Labute approximate surface area is 53.7 Å². The first kappa shape index (κ1) is 6.29. The van der Waals surface area contributed by atoms with Crippen molar-refractivity contribution in [1.29, 1.82) is 0 Å². The molecule has 0 saturated heterocycles. The van der Waals surface area contributed by atoms with Crippen LogP contribution in [0.5, 0.6) is 0 Å². The van der Waals surface area contributed by atoms with Crippen LogP contribution in [0.2, 0.25) is 0 Å². The molecule has 0 atom stereocenters. The maximum atomic E-state index is 10.5. The van der Waals surface area contributed by atoms with Crippen LogP contribution in [0.1, 0.15) is 0 Å². The third-order valence-electron chi connectivity index (χ3n) is 1.09. The molecule has 1 rings (SSSR count). The van der Waals surface area contributed by atoms with Crippen molar-refractivity contribution in [3.8, 4) is 0 Å². The second-order valence-corrected chi connectivity index (χ2v) is 1.80. The van der Waals surface area contributed by atoms with Crippen molar-refractivity contribution in [2.75, 3.05) is 19.7 Å². The fourth-order valence-electron chi connectivity index (χ4n) is 0.628. The molecule has 0 aromatic rings. The number of carbonyl (C=O) groups excluding carboxylic acids is 1. The van der Waals surface area contributed by atoms with E-state index in [0.717, 1.165) is 0 Å². The van der Waals surface area contributed by atoms with Crippen molar-refractivity contribution in [3.05, 3.63) is 17.7 Å². The molecule has 0 unspecified atom stereocenters. The minimum Gasteiger partial charge on any atom is -0.644 e. The summed E-state index contributed by atoms with van der Waals surface area (Å²) < 4.78 is 4.95. The van der Waals surface area contributed by atoms with Crippen LogP contribution >= 0.6 is 0 Å². The third-order valence-corrected chi connectivity index (χ3v) is 1.09. The average Bonchev–Trinajstić information content (AvgIpc) is 1.90. The standard InChI is InChI=1S/C6H8NO2/c1-5(8)6-4-7-2-3-9-6/h1-4H2. The average molecular weight is 126 g/mol. The highest BCUT2D eigenvalue weighted by molar-refractivity contribution is 5.95. The Bertz CT molecular complexity index is 151. The van der Waals surface area contributed by atoms with E-state index in [-0.39, 0.29) is 5.76 Å². The summed E-state index contributed by atoms with van der Waals surface area (Å²) >= 11 is 0. The van der Waals surface area contributed by atoms with Crippen LogP contribution in [0.15, 0.2) is 12.3 Å². The smallest absolute Gasteiger partial charge is 0.345 e. The number of nitrogens with zero attached hydrogens (tertiary/aromatic N) is 1. The van der Waals surface area contributed by atoms with Gasteiger partial charge in [-0.2, -0.15) is 0 Å². The van der Waals surface area contributed by atoms with Gasteiger partial charge in [0.1, 0.15) is 0 Å². The van der Waals surface area contributed by atoms with Gasteiger partial charge in [-0.05, 0) is 13.1 Å². The van der Waals surface area contributed by atoms with Gasteiger partial charge in [0, 0.05) is 0 Å². The number of ketones is 1. The summed E-state index contributed by atoms with van der Waals surface area (Å²) in [7, 11) is 0. The molecule has 9 heavy (non-hydrogen) atoms. The van der Waals surface area contributed by atoms with Crippen LogP contribution in [0.3, 0.4) is 0 Å². The van der Waals surface area contributed by atoms with Crippen molar-refractivity contribution in [1.82, 2.24) is 0 Å². The molecule has 3 nitrogen and oxygen atoms in total. The minimum atomic E-state index is -0.251. The van der Waals surface area contributed by atoms with Crippen LogP contribution in [0.25, 0.3) is 5.32 Å². The van der Waals surface area contributed by atoms with Gasteiger partial charge in [-0.25, -0.2) is 0 Å². The Morgan fingerprint density at radius 1 is 1.78 bits per heavy atom. The van der Waals surface area contributed by atoms with E-state index in [4.69, 9.17) is 4.42 Å². The summed E-state index contributed by atoms with van der Waals surface area (Å²) in [5, 5.41) is 14.4. The predicted molar refractivity (Wildman–Crippen MR) is 32.8 cm³/mol. The number of hydrogen-bond acceptors (Lipinski definition) is 0. The Kier molecular flexibility index (Phi) is 1.85. The zero-order chi connectivity index (χ0) is 6.69. The first-order valence-corrected chi connectivity index (χ1v) is 2.79. The van der Waals surface area contributed by atoms with E-state index in [1.807, 2.05) is 0 Å². The first-order chi connectivity index (χ1) is 4.30. The van der Waals surface area contributed by atoms with Gasteiger partial charge in [0.25, 0.3) is 5.76 Å². The van der Waals surface area contributed by atoms with Gasteiger partial charge in [0.05, 0.1) is 0 Å². The summed E-state index contributed by atoms with van der Waals surface area (Å²) in [5.74, 6) is 0.139. The van der Waals surface area contributed by atoms with Gasteiger partial charge in [-0.15, -0.1) is 0 Å². The normalized spacial score (nSPS) is 18.9. The van der Waals surface area contributed by atoms with Crippen LogP contribution in [0.4, 0.5) is 0 Å². The van der Waals surface area contributed by atoms with Crippen LogP contribution in [-0.4, -0.2) is 25.5 Å². The number of rotatable bonds is 1. The van der Waals surface area contributed by atoms with E-state index < -0.39 is 0 Å². The topological polar surface area (TPSA) is 45.3 Å². The molecular formula is C6H8NO2. The molecule has 0 amide bonds. The van der Waals surface area contributed by atoms with Gasteiger partial charge >= 0.3 is 5.78 Å². The molecule has 3 heteroatoms. The molecule has 0 spiro atoms. The van der Waals surface area contributed by atoms with Gasteiger partial charge in [-0.3, -0.25) is 9.53 Å². The summed E-state index contributed by atoms with van der Waals surface area (Å²) in [5.41, 5.74) is 0. The fourth-order valence-corrected chi connectivity index (χ4v) is 0.628. The molecular weight excluding hydrogens is 118 g/mol. The fraction of sp³-hybridized carbons (Fsp3) is 0.500. The van der Waals surface area contributed by atoms with Crippen molar-refractivity contribution in [3.63, 3.8) is 0 Å². The SMILES string of the molecule is C=C([O])C1=[O+]CC[N-]C1. The van der Waals surface area contributed by atoms with Crippen molar-refractivity contribution in [2.45, 2.75) is 0 Å². The first-order valence-electron chi connectivity index (χ1n) is 2.79. The molecule has 0 N–H and O–H groups in total. The van der Waals surface area contributed by atoms with E-state index in [1.165, 1.54) is 0 Å². The van der Waals surface area contributed by atoms with E-state index in [9.17, 15) is 5.11 Å². The third kappa shape index (κ3) is 1.54. The quantitative estimate of drug-likeness (QED) is 0.278. The zero-order valence-electron chi connectivity index (χ0n) is 5.09. The monoisotopic (exact) mass is 126 g/mol. The molecule has 0 fully saturated rings. The molecule has 0 aromatic carbocycles. The lowest BCUT2D eigenvalue weighted by atomic mass is 10.3. The van der Waals surface area contributed by atoms with Gasteiger partial charge in [0.2, 0.25) is 6.61 Å². The molecule has 1 aliphatic heterocycles. The van der Waals surface area contributed by atoms with Crippen molar-refractivity contribution in [2.24, 2.45) is 0 Å². The summed E-state index contributed by atoms with van der Waals surface area (Å²) in [6, 6.07) is 0. The molecule has 0 aliphatic carbocycles. The van der Waals surface area contributed by atoms with Crippen LogP contribution in [0, 0.1) is 0 Å².